The Kier molecular flexibility index (Phi) is 5.14. The second kappa shape index (κ2) is 7.86. The molecule has 8 heteroatoms. The van der Waals surface area contributed by atoms with Crippen molar-refractivity contribution in [1.82, 2.24) is 14.9 Å². The summed E-state index contributed by atoms with van der Waals surface area (Å²) in [5.41, 5.74) is 2.15. The van der Waals surface area contributed by atoms with Gasteiger partial charge in [-0.3, -0.25) is 4.79 Å². The lowest BCUT2D eigenvalue weighted by atomic mass is 10.0. The predicted molar refractivity (Wildman–Crippen MR) is 107 cm³/mol. The minimum absolute atomic E-state index is 0.00248. The van der Waals surface area contributed by atoms with Gasteiger partial charge in [0, 0.05) is 41.7 Å². The lowest BCUT2D eigenvalue weighted by Gasteiger charge is -2.32. The monoisotopic (exact) mass is 395 g/mol. The summed E-state index contributed by atoms with van der Waals surface area (Å²) in [4.78, 5) is 23.4. The second-order valence-electron chi connectivity index (χ2n) is 6.30. The number of piperidine rings is 1. The molecule has 0 aliphatic carbocycles. The fourth-order valence-electron chi connectivity index (χ4n) is 3.03. The molecule has 27 heavy (non-hydrogen) atoms. The maximum atomic E-state index is 12.7. The number of carbonyl (C=O) groups is 1. The second-order valence-corrected chi connectivity index (χ2v) is 7.94. The molecule has 1 amide bonds. The maximum Gasteiger partial charge on any atom is 0.273 e. The van der Waals surface area contributed by atoms with Crippen LogP contribution >= 0.6 is 22.7 Å². The number of nitriles is 1. The molecule has 1 N–H and O–H groups in total. The number of anilines is 1. The van der Waals surface area contributed by atoms with Crippen LogP contribution in [0.3, 0.4) is 0 Å². The fourth-order valence-corrected chi connectivity index (χ4v) is 4.54. The van der Waals surface area contributed by atoms with E-state index >= 15 is 0 Å². The van der Waals surface area contributed by atoms with Crippen LogP contribution < -0.4 is 5.32 Å². The number of hydrogen-bond donors (Lipinski definition) is 1. The van der Waals surface area contributed by atoms with Crippen LogP contribution in [0.5, 0.6) is 0 Å². The molecule has 4 heterocycles. The summed E-state index contributed by atoms with van der Waals surface area (Å²) >= 11 is 3.14. The van der Waals surface area contributed by atoms with Gasteiger partial charge in [-0.15, -0.1) is 11.3 Å². The third-order valence-electron chi connectivity index (χ3n) is 4.52. The lowest BCUT2D eigenvalue weighted by molar-refractivity contribution is 0.0713. The molecule has 1 saturated heterocycles. The molecule has 1 aliphatic heterocycles. The van der Waals surface area contributed by atoms with Crippen LogP contribution in [0.25, 0.3) is 10.6 Å². The highest BCUT2D eigenvalue weighted by molar-refractivity contribution is 7.14. The Morgan fingerprint density at radius 2 is 2.11 bits per heavy atom. The average Bonchev–Trinajstić information content (AvgIpc) is 3.40. The smallest absolute Gasteiger partial charge is 0.273 e. The van der Waals surface area contributed by atoms with Crippen molar-refractivity contribution >= 4 is 34.4 Å². The number of nitrogens with one attached hydrogen (secondary N) is 1. The Bertz CT molecular complexity index is 951. The van der Waals surface area contributed by atoms with Gasteiger partial charge < -0.3 is 10.2 Å². The Labute approximate surface area is 165 Å². The normalized spacial score (nSPS) is 14.7. The SMILES string of the molecule is N#Cc1ccc(NC2CCN(C(=O)c3csc(-c4ccsc4)n3)CC2)nc1. The molecule has 0 unspecified atom stereocenters. The highest BCUT2D eigenvalue weighted by Crippen LogP contribution is 2.26. The summed E-state index contributed by atoms with van der Waals surface area (Å²) < 4.78 is 0. The van der Waals surface area contributed by atoms with Crippen molar-refractivity contribution < 1.29 is 4.79 Å². The highest BCUT2D eigenvalue weighted by atomic mass is 32.1. The molecule has 0 bridgehead atoms. The number of hydrogen-bond acceptors (Lipinski definition) is 7. The largest absolute Gasteiger partial charge is 0.367 e. The zero-order chi connectivity index (χ0) is 18.6. The number of likely N-dealkylation sites (tertiary alicyclic amines) is 1. The van der Waals surface area contributed by atoms with E-state index in [2.05, 4.69) is 21.4 Å². The van der Waals surface area contributed by atoms with Crippen molar-refractivity contribution in [3.8, 4) is 16.6 Å². The molecular formula is C19H17N5OS2. The van der Waals surface area contributed by atoms with Crippen LogP contribution in [0.2, 0.25) is 0 Å². The minimum Gasteiger partial charge on any atom is -0.367 e. The van der Waals surface area contributed by atoms with E-state index in [9.17, 15) is 4.79 Å². The van der Waals surface area contributed by atoms with Crippen molar-refractivity contribution in [2.45, 2.75) is 18.9 Å². The number of pyridine rings is 1. The molecule has 1 fully saturated rings. The van der Waals surface area contributed by atoms with Crippen LogP contribution in [-0.4, -0.2) is 39.9 Å². The van der Waals surface area contributed by atoms with Crippen molar-refractivity contribution in [1.29, 1.82) is 5.26 Å². The molecule has 0 spiro atoms. The van der Waals surface area contributed by atoms with Gasteiger partial charge in [-0.25, -0.2) is 9.97 Å². The molecule has 0 atom stereocenters. The quantitative estimate of drug-likeness (QED) is 0.725. The van der Waals surface area contributed by atoms with Gasteiger partial charge in [-0.2, -0.15) is 16.6 Å². The van der Waals surface area contributed by atoms with Gasteiger partial charge in [0.05, 0.1) is 5.56 Å². The molecule has 3 aromatic rings. The third kappa shape index (κ3) is 3.99. The molecule has 3 aromatic heterocycles. The van der Waals surface area contributed by atoms with E-state index in [0.717, 1.165) is 29.2 Å². The first kappa shape index (κ1) is 17.6. The zero-order valence-electron chi connectivity index (χ0n) is 14.5. The summed E-state index contributed by atoms with van der Waals surface area (Å²) in [5.74, 6) is 0.765. The Morgan fingerprint density at radius 3 is 2.78 bits per heavy atom. The number of thiazole rings is 1. The van der Waals surface area contributed by atoms with Crippen LogP contribution in [0.1, 0.15) is 28.9 Å². The summed E-state index contributed by atoms with van der Waals surface area (Å²) in [6, 6.07) is 7.92. The zero-order valence-corrected chi connectivity index (χ0v) is 16.1. The molecule has 0 aromatic carbocycles. The van der Waals surface area contributed by atoms with E-state index in [1.807, 2.05) is 33.2 Å². The Hall–Kier alpha value is -2.76. The number of thiophene rings is 1. The van der Waals surface area contributed by atoms with E-state index in [0.29, 0.717) is 24.3 Å². The van der Waals surface area contributed by atoms with Gasteiger partial charge in [-0.1, -0.05) is 0 Å². The first-order chi connectivity index (χ1) is 13.2. The van der Waals surface area contributed by atoms with Crippen molar-refractivity contribution in [2.75, 3.05) is 18.4 Å². The number of amides is 1. The molecule has 1 aliphatic rings. The van der Waals surface area contributed by atoms with Crippen molar-refractivity contribution in [3.63, 3.8) is 0 Å². The van der Waals surface area contributed by atoms with E-state index in [1.165, 1.54) is 11.3 Å². The molecule has 0 radical (unpaired) electrons. The summed E-state index contributed by atoms with van der Waals surface area (Å²) in [7, 11) is 0. The minimum atomic E-state index is 0.00248. The fraction of sp³-hybridized carbons (Fsp3) is 0.263. The van der Waals surface area contributed by atoms with Gasteiger partial charge in [0.1, 0.15) is 22.6 Å². The standard InChI is InChI=1S/C19H17N5OS2/c20-9-13-1-2-17(21-10-13)22-15-3-6-24(7-4-15)19(25)16-12-27-18(23-16)14-5-8-26-11-14/h1-2,5,8,10-12,15H,3-4,6-7H2,(H,21,22). The van der Waals surface area contributed by atoms with Gasteiger partial charge in [0.25, 0.3) is 5.91 Å². The topological polar surface area (TPSA) is 81.9 Å². The summed E-state index contributed by atoms with van der Waals surface area (Å²) in [6.45, 7) is 1.39. The van der Waals surface area contributed by atoms with Gasteiger partial charge in [0.15, 0.2) is 0 Å². The predicted octanol–water partition coefficient (Wildman–Crippen LogP) is 3.85. The molecule has 0 saturated carbocycles. The van der Waals surface area contributed by atoms with E-state index in [4.69, 9.17) is 5.26 Å². The molecule has 6 nitrogen and oxygen atoms in total. The lowest BCUT2D eigenvalue weighted by Crippen LogP contribution is -2.42. The number of nitrogens with zero attached hydrogens (tertiary/aromatic N) is 4. The molecule has 4 rings (SSSR count). The van der Waals surface area contributed by atoms with Crippen molar-refractivity contribution in [3.05, 3.63) is 51.8 Å². The maximum absolute atomic E-state index is 12.7. The average molecular weight is 396 g/mol. The van der Waals surface area contributed by atoms with E-state index in [-0.39, 0.29) is 11.9 Å². The van der Waals surface area contributed by atoms with Crippen LogP contribution in [0.15, 0.2) is 40.5 Å². The first-order valence-corrected chi connectivity index (χ1v) is 10.5. The van der Waals surface area contributed by atoms with Gasteiger partial charge >= 0.3 is 0 Å². The number of rotatable bonds is 4. The first-order valence-electron chi connectivity index (χ1n) is 8.63. The van der Waals surface area contributed by atoms with Crippen molar-refractivity contribution in [2.24, 2.45) is 0 Å². The van der Waals surface area contributed by atoms with Crippen LogP contribution in [-0.2, 0) is 0 Å². The van der Waals surface area contributed by atoms with Crippen LogP contribution in [0.4, 0.5) is 5.82 Å². The van der Waals surface area contributed by atoms with Crippen LogP contribution in [0, 0.1) is 11.3 Å². The third-order valence-corrected chi connectivity index (χ3v) is 6.09. The highest BCUT2D eigenvalue weighted by Gasteiger charge is 2.25. The number of aromatic nitrogens is 2. The van der Waals surface area contributed by atoms with E-state index < -0.39 is 0 Å². The molecular weight excluding hydrogens is 378 g/mol. The number of carbonyl (C=O) groups excluding carboxylic acids is 1. The Morgan fingerprint density at radius 1 is 1.26 bits per heavy atom. The Balaban J connectivity index is 1.33. The summed E-state index contributed by atoms with van der Waals surface area (Å²) in [6.07, 6.45) is 3.28. The van der Waals surface area contributed by atoms with E-state index in [1.54, 1.807) is 23.6 Å². The van der Waals surface area contributed by atoms with Gasteiger partial charge in [-0.05, 0) is 36.4 Å². The molecule has 136 valence electrons. The summed E-state index contributed by atoms with van der Waals surface area (Å²) in [5, 5.41) is 19.0. The van der Waals surface area contributed by atoms with Gasteiger partial charge in [0.2, 0.25) is 0 Å².